The van der Waals surface area contributed by atoms with Gasteiger partial charge in [-0.05, 0) is 18.4 Å². The van der Waals surface area contributed by atoms with Gasteiger partial charge in [0.2, 0.25) is 0 Å². The molecule has 0 amide bonds. The van der Waals surface area contributed by atoms with E-state index in [-0.39, 0.29) is 5.78 Å². The predicted molar refractivity (Wildman–Crippen MR) is 48.1 cm³/mol. The maximum absolute atomic E-state index is 11.3. The van der Waals surface area contributed by atoms with E-state index in [1.54, 1.807) is 0 Å². The van der Waals surface area contributed by atoms with Gasteiger partial charge in [-0.15, -0.1) is 11.3 Å². The first-order valence-corrected chi connectivity index (χ1v) is 4.29. The van der Waals surface area contributed by atoms with Crippen LogP contribution in [0, 0.1) is 0 Å². The number of hydrogen-bond donors (Lipinski definition) is 0. The van der Waals surface area contributed by atoms with Gasteiger partial charge in [0.15, 0.2) is 5.78 Å². The maximum Gasteiger partial charge on any atom is 0.176 e. The number of allylic oxidation sites excluding steroid dienone is 1. The minimum atomic E-state index is 0.174. The summed E-state index contributed by atoms with van der Waals surface area (Å²) in [5.41, 5.74) is 0.920. The van der Waals surface area contributed by atoms with E-state index >= 15 is 0 Å². The van der Waals surface area contributed by atoms with E-state index in [0.29, 0.717) is 6.42 Å². The number of carbonyl (C=O) groups excluding carboxylic acids is 1. The minimum Gasteiger partial charge on any atom is -0.293 e. The molecule has 1 aromatic heterocycles. The lowest BCUT2D eigenvalue weighted by atomic mass is 10.1. The first kappa shape index (κ1) is 8.21. The van der Waals surface area contributed by atoms with Crippen molar-refractivity contribution in [2.24, 2.45) is 0 Å². The van der Waals surface area contributed by atoms with E-state index in [1.165, 1.54) is 11.3 Å². The molecule has 0 radical (unpaired) electrons. The van der Waals surface area contributed by atoms with Gasteiger partial charge in [0.25, 0.3) is 0 Å². The molecule has 2 heteroatoms. The molecule has 0 atom stereocenters. The number of Topliss-reactive ketones (excluding diaryl/α,β-unsaturated/α-hetero) is 1. The molecule has 1 rings (SSSR count). The number of thiophene rings is 1. The van der Waals surface area contributed by atoms with Crippen LogP contribution in [-0.2, 0) is 0 Å². The van der Waals surface area contributed by atoms with Gasteiger partial charge < -0.3 is 0 Å². The molecule has 0 aliphatic rings. The Balaban J connectivity index is 2.64. The molecule has 0 unspecified atom stereocenters. The van der Waals surface area contributed by atoms with Gasteiger partial charge in [-0.3, -0.25) is 4.79 Å². The van der Waals surface area contributed by atoms with E-state index in [9.17, 15) is 4.79 Å². The predicted octanol–water partition coefficient (Wildman–Crippen LogP) is 2.90. The molecule has 1 nitrogen and oxygen atoms in total. The summed E-state index contributed by atoms with van der Waals surface area (Å²) in [5, 5.41) is 1.91. The standard InChI is InChI=1S/C9H10OS/c1-7(2)6-8(10)9-4-3-5-11-9/h3-5H,1,6H2,2H3. The molecule has 1 aromatic rings. The Bertz CT molecular complexity index is 259. The topological polar surface area (TPSA) is 17.1 Å². The number of ketones is 1. The van der Waals surface area contributed by atoms with Crippen LogP contribution in [0.2, 0.25) is 0 Å². The Morgan fingerprint density at radius 2 is 2.45 bits per heavy atom. The van der Waals surface area contributed by atoms with Gasteiger partial charge >= 0.3 is 0 Å². The van der Waals surface area contributed by atoms with Crippen molar-refractivity contribution >= 4 is 17.1 Å². The second kappa shape index (κ2) is 3.49. The zero-order valence-electron chi connectivity index (χ0n) is 6.46. The summed E-state index contributed by atoms with van der Waals surface area (Å²) in [6, 6.07) is 3.73. The average Bonchev–Trinajstić information content (AvgIpc) is 2.35. The summed E-state index contributed by atoms with van der Waals surface area (Å²) in [5.74, 6) is 0.174. The molecule has 0 spiro atoms. The molecule has 0 saturated heterocycles. The van der Waals surface area contributed by atoms with Gasteiger partial charge in [0.1, 0.15) is 0 Å². The monoisotopic (exact) mass is 166 g/mol. The first-order valence-electron chi connectivity index (χ1n) is 3.41. The lowest BCUT2D eigenvalue weighted by Crippen LogP contribution is -1.95. The first-order chi connectivity index (χ1) is 5.20. The van der Waals surface area contributed by atoms with E-state index in [1.807, 2.05) is 24.4 Å². The summed E-state index contributed by atoms with van der Waals surface area (Å²) in [6.07, 6.45) is 0.473. The van der Waals surface area contributed by atoms with Crippen LogP contribution in [0.15, 0.2) is 29.7 Å². The van der Waals surface area contributed by atoms with Crippen LogP contribution in [0.5, 0.6) is 0 Å². The summed E-state index contributed by atoms with van der Waals surface area (Å²) in [7, 11) is 0. The van der Waals surface area contributed by atoms with E-state index < -0.39 is 0 Å². The highest BCUT2D eigenvalue weighted by Crippen LogP contribution is 2.13. The van der Waals surface area contributed by atoms with Crippen LogP contribution in [0.25, 0.3) is 0 Å². The number of hydrogen-bond acceptors (Lipinski definition) is 2. The molecule has 0 aromatic carbocycles. The summed E-state index contributed by atoms with van der Waals surface area (Å²) >= 11 is 1.48. The molecule has 0 fully saturated rings. The van der Waals surface area contributed by atoms with Crippen LogP contribution in [0.3, 0.4) is 0 Å². The van der Waals surface area contributed by atoms with Crippen LogP contribution in [0.1, 0.15) is 23.0 Å². The second-order valence-electron chi connectivity index (χ2n) is 2.53. The normalized spacial score (nSPS) is 9.55. The lowest BCUT2D eigenvalue weighted by Gasteiger charge is -1.94. The quantitative estimate of drug-likeness (QED) is 0.498. The summed E-state index contributed by atoms with van der Waals surface area (Å²) in [4.78, 5) is 12.1. The molecule has 0 saturated carbocycles. The van der Waals surface area contributed by atoms with Crippen molar-refractivity contribution in [1.29, 1.82) is 0 Å². The third-order valence-electron chi connectivity index (χ3n) is 1.26. The molecule has 58 valence electrons. The molecule has 0 bridgehead atoms. The highest BCUT2D eigenvalue weighted by atomic mass is 32.1. The van der Waals surface area contributed by atoms with Crippen molar-refractivity contribution in [2.45, 2.75) is 13.3 Å². The molecule has 0 aliphatic carbocycles. The zero-order chi connectivity index (χ0) is 8.27. The van der Waals surface area contributed by atoms with Crippen molar-refractivity contribution in [3.05, 3.63) is 34.5 Å². The summed E-state index contributed by atoms with van der Waals surface area (Å²) in [6.45, 7) is 5.56. The van der Waals surface area contributed by atoms with Crippen molar-refractivity contribution in [1.82, 2.24) is 0 Å². The van der Waals surface area contributed by atoms with Crippen molar-refractivity contribution in [2.75, 3.05) is 0 Å². The lowest BCUT2D eigenvalue weighted by molar-refractivity contribution is 0.0997. The highest BCUT2D eigenvalue weighted by molar-refractivity contribution is 7.12. The van der Waals surface area contributed by atoms with Gasteiger partial charge in [0, 0.05) is 6.42 Å². The SMILES string of the molecule is C=C(C)CC(=O)c1cccs1. The fourth-order valence-electron chi connectivity index (χ4n) is 0.798. The smallest absolute Gasteiger partial charge is 0.176 e. The van der Waals surface area contributed by atoms with Gasteiger partial charge in [-0.1, -0.05) is 18.2 Å². The Morgan fingerprint density at radius 1 is 1.73 bits per heavy atom. The molecular formula is C9H10OS. The fraction of sp³-hybridized carbons (Fsp3) is 0.222. The molecule has 0 aliphatic heterocycles. The fourth-order valence-corrected chi connectivity index (χ4v) is 1.46. The zero-order valence-corrected chi connectivity index (χ0v) is 7.28. The second-order valence-corrected chi connectivity index (χ2v) is 3.48. The van der Waals surface area contributed by atoms with E-state index in [4.69, 9.17) is 0 Å². The third-order valence-corrected chi connectivity index (χ3v) is 2.17. The maximum atomic E-state index is 11.3. The van der Waals surface area contributed by atoms with E-state index in [2.05, 4.69) is 6.58 Å². The van der Waals surface area contributed by atoms with Crippen LogP contribution in [-0.4, -0.2) is 5.78 Å². The van der Waals surface area contributed by atoms with Crippen LogP contribution < -0.4 is 0 Å². The third kappa shape index (κ3) is 2.31. The van der Waals surface area contributed by atoms with Crippen molar-refractivity contribution in [3.63, 3.8) is 0 Å². The number of rotatable bonds is 3. The minimum absolute atomic E-state index is 0.174. The molecule has 1 heterocycles. The van der Waals surface area contributed by atoms with E-state index in [0.717, 1.165) is 10.5 Å². The Morgan fingerprint density at radius 3 is 2.91 bits per heavy atom. The highest BCUT2D eigenvalue weighted by Gasteiger charge is 2.05. The van der Waals surface area contributed by atoms with Gasteiger partial charge in [-0.2, -0.15) is 0 Å². The largest absolute Gasteiger partial charge is 0.293 e. The van der Waals surface area contributed by atoms with Crippen molar-refractivity contribution < 1.29 is 4.79 Å². The molecular weight excluding hydrogens is 156 g/mol. The molecule has 11 heavy (non-hydrogen) atoms. The Labute approximate surface area is 70.4 Å². The van der Waals surface area contributed by atoms with Crippen LogP contribution >= 0.6 is 11.3 Å². The van der Waals surface area contributed by atoms with Gasteiger partial charge in [-0.25, -0.2) is 0 Å². The average molecular weight is 166 g/mol. The summed E-state index contributed by atoms with van der Waals surface area (Å²) < 4.78 is 0. The Hall–Kier alpha value is -0.890. The molecule has 0 N–H and O–H groups in total. The van der Waals surface area contributed by atoms with Gasteiger partial charge in [0.05, 0.1) is 4.88 Å². The number of carbonyl (C=O) groups is 1. The van der Waals surface area contributed by atoms with Crippen molar-refractivity contribution in [3.8, 4) is 0 Å². The Kier molecular flexibility index (Phi) is 2.60. The van der Waals surface area contributed by atoms with Crippen LogP contribution in [0.4, 0.5) is 0 Å².